The third-order valence-corrected chi connectivity index (χ3v) is 7.54. The van der Waals surface area contributed by atoms with Crippen LogP contribution in [0.25, 0.3) is 0 Å². The van der Waals surface area contributed by atoms with E-state index in [9.17, 15) is 4.79 Å². The Balaban J connectivity index is 1.63. The van der Waals surface area contributed by atoms with Crippen molar-refractivity contribution in [3.8, 4) is 11.5 Å². The number of ether oxygens (including phenoxy) is 3. The standard InChI is InChI=1S/C26H31NO4/c1-3-31-26-12-11-20(28)16-25(26)13-14-27-22(26)15-19-9-10-21(24(29-2)23(19)25)30-17-18-7-5-4-6-8-18/h4-10,22,27H,3,11-17H2,1-2H3/t22-,25-,26+/m0/s1. The maximum atomic E-state index is 12.8. The molecule has 2 aromatic rings. The highest BCUT2D eigenvalue weighted by atomic mass is 16.5. The lowest BCUT2D eigenvalue weighted by atomic mass is 9.49. The van der Waals surface area contributed by atoms with Crippen molar-refractivity contribution in [3.63, 3.8) is 0 Å². The fourth-order valence-electron chi connectivity index (χ4n) is 6.37. The molecule has 1 N–H and O–H groups in total. The van der Waals surface area contributed by atoms with Crippen LogP contribution in [0.1, 0.15) is 49.3 Å². The summed E-state index contributed by atoms with van der Waals surface area (Å²) >= 11 is 0. The number of hydrogen-bond acceptors (Lipinski definition) is 5. The van der Waals surface area contributed by atoms with Crippen LogP contribution >= 0.6 is 0 Å². The van der Waals surface area contributed by atoms with Crippen molar-refractivity contribution in [1.29, 1.82) is 0 Å². The van der Waals surface area contributed by atoms with Gasteiger partial charge in [-0.1, -0.05) is 36.4 Å². The van der Waals surface area contributed by atoms with Crippen LogP contribution in [-0.2, 0) is 28.0 Å². The van der Waals surface area contributed by atoms with Crippen LogP contribution in [0.2, 0.25) is 0 Å². The molecule has 5 heteroatoms. The summed E-state index contributed by atoms with van der Waals surface area (Å²) in [5, 5.41) is 3.72. The smallest absolute Gasteiger partial charge is 0.164 e. The van der Waals surface area contributed by atoms with E-state index in [0.29, 0.717) is 31.8 Å². The highest BCUT2D eigenvalue weighted by Gasteiger charge is 2.65. The maximum absolute atomic E-state index is 12.8. The Morgan fingerprint density at radius 3 is 2.74 bits per heavy atom. The third kappa shape index (κ3) is 3.09. The number of rotatable bonds is 6. The second-order valence-corrected chi connectivity index (χ2v) is 8.99. The number of methoxy groups -OCH3 is 1. The van der Waals surface area contributed by atoms with Gasteiger partial charge in [0.2, 0.25) is 0 Å². The summed E-state index contributed by atoms with van der Waals surface area (Å²) in [5.74, 6) is 1.83. The molecule has 1 saturated heterocycles. The average Bonchev–Trinajstić information content (AvgIpc) is 2.78. The van der Waals surface area contributed by atoms with Crippen molar-refractivity contribution in [3.05, 3.63) is 59.2 Å². The molecule has 0 amide bonds. The lowest BCUT2D eigenvalue weighted by Gasteiger charge is -2.62. The summed E-state index contributed by atoms with van der Waals surface area (Å²) in [6, 6.07) is 14.5. The molecule has 0 radical (unpaired) electrons. The molecule has 1 saturated carbocycles. The molecule has 0 unspecified atom stereocenters. The quantitative estimate of drug-likeness (QED) is 0.765. The van der Waals surface area contributed by atoms with Crippen LogP contribution in [0.4, 0.5) is 0 Å². The number of carbonyl (C=O) groups excluding carboxylic acids is 1. The minimum Gasteiger partial charge on any atom is -0.493 e. The molecular weight excluding hydrogens is 390 g/mol. The predicted octanol–water partition coefficient (Wildman–Crippen LogP) is 3.96. The van der Waals surface area contributed by atoms with E-state index in [-0.39, 0.29) is 17.1 Å². The average molecular weight is 422 g/mol. The summed E-state index contributed by atoms with van der Waals surface area (Å²) in [4.78, 5) is 12.8. The zero-order valence-electron chi connectivity index (χ0n) is 18.4. The van der Waals surface area contributed by atoms with Gasteiger partial charge in [-0.2, -0.15) is 0 Å². The fourth-order valence-corrected chi connectivity index (χ4v) is 6.37. The van der Waals surface area contributed by atoms with E-state index in [4.69, 9.17) is 14.2 Å². The molecule has 5 rings (SSSR count). The van der Waals surface area contributed by atoms with Crippen molar-refractivity contribution in [2.24, 2.45) is 0 Å². The van der Waals surface area contributed by atoms with Gasteiger partial charge in [0.25, 0.3) is 0 Å². The number of hydrogen-bond donors (Lipinski definition) is 1. The maximum Gasteiger partial charge on any atom is 0.164 e. The van der Waals surface area contributed by atoms with Crippen LogP contribution in [0, 0.1) is 0 Å². The summed E-state index contributed by atoms with van der Waals surface area (Å²) in [6.45, 7) is 4.05. The first-order valence-corrected chi connectivity index (χ1v) is 11.4. The van der Waals surface area contributed by atoms with E-state index in [1.54, 1.807) is 7.11 Å². The first kappa shape index (κ1) is 20.5. The van der Waals surface area contributed by atoms with Gasteiger partial charge >= 0.3 is 0 Å². The Hall–Kier alpha value is -2.37. The van der Waals surface area contributed by atoms with Gasteiger partial charge in [-0.15, -0.1) is 0 Å². The van der Waals surface area contributed by atoms with Crippen molar-refractivity contribution >= 4 is 5.78 Å². The molecule has 0 aromatic heterocycles. The number of piperidine rings is 1. The number of carbonyl (C=O) groups is 1. The first-order chi connectivity index (χ1) is 15.1. The number of nitrogens with one attached hydrogen (secondary N) is 1. The van der Waals surface area contributed by atoms with Crippen LogP contribution in [0.3, 0.4) is 0 Å². The molecule has 2 aromatic carbocycles. The van der Waals surface area contributed by atoms with Crippen LogP contribution in [-0.4, -0.2) is 37.7 Å². The van der Waals surface area contributed by atoms with Crippen molar-refractivity contribution in [2.45, 2.75) is 62.7 Å². The summed E-state index contributed by atoms with van der Waals surface area (Å²) in [7, 11) is 1.71. The van der Waals surface area contributed by atoms with Gasteiger partial charge in [-0.05, 0) is 49.9 Å². The van der Waals surface area contributed by atoms with E-state index < -0.39 is 0 Å². The second-order valence-electron chi connectivity index (χ2n) is 8.99. The lowest BCUT2D eigenvalue weighted by molar-refractivity contribution is -0.171. The van der Waals surface area contributed by atoms with E-state index in [1.807, 2.05) is 24.3 Å². The Morgan fingerprint density at radius 2 is 1.97 bits per heavy atom. The summed E-state index contributed by atoms with van der Waals surface area (Å²) in [6.07, 6.45) is 3.59. The normalized spacial score (nSPS) is 29.1. The minimum absolute atomic E-state index is 0.211. The SMILES string of the molecule is CCO[C@@]12CCC(=O)C[C@]13CCN[C@H]2Cc1ccc(OCc2ccccc2)c(OC)c13. The molecule has 3 aliphatic rings. The Labute approximate surface area is 184 Å². The molecule has 2 bridgehead atoms. The van der Waals surface area contributed by atoms with Gasteiger partial charge in [0.1, 0.15) is 12.4 Å². The summed E-state index contributed by atoms with van der Waals surface area (Å²) in [5.41, 5.74) is 2.73. The van der Waals surface area contributed by atoms with Crippen LogP contribution in [0.5, 0.6) is 11.5 Å². The van der Waals surface area contributed by atoms with E-state index in [0.717, 1.165) is 48.4 Å². The molecule has 2 fully saturated rings. The molecule has 5 nitrogen and oxygen atoms in total. The fraction of sp³-hybridized carbons (Fsp3) is 0.500. The highest BCUT2D eigenvalue weighted by Crippen LogP contribution is 2.60. The number of ketones is 1. The Bertz CT molecular complexity index is 975. The zero-order chi connectivity index (χ0) is 21.5. The van der Waals surface area contributed by atoms with Gasteiger partial charge < -0.3 is 19.5 Å². The van der Waals surface area contributed by atoms with Crippen LogP contribution < -0.4 is 14.8 Å². The van der Waals surface area contributed by atoms with Crippen molar-refractivity contribution < 1.29 is 19.0 Å². The molecule has 164 valence electrons. The third-order valence-electron chi connectivity index (χ3n) is 7.54. The van der Waals surface area contributed by atoms with Crippen molar-refractivity contribution in [2.75, 3.05) is 20.3 Å². The largest absolute Gasteiger partial charge is 0.493 e. The van der Waals surface area contributed by atoms with E-state index in [1.165, 1.54) is 5.56 Å². The monoisotopic (exact) mass is 421 g/mol. The van der Waals surface area contributed by atoms with Gasteiger partial charge in [-0.25, -0.2) is 0 Å². The minimum atomic E-state index is -0.383. The van der Waals surface area contributed by atoms with E-state index >= 15 is 0 Å². The topological polar surface area (TPSA) is 56.8 Å². The summed E-state index contributed by atoms with van der Waals surface area (Å²) < 4.78 is 18.9. The van der Waals surface area contributed by atoms with Crippen LogP contribution in [0.15, 0.2) is 42.5 Å². The van der Waals surface area contributed by atoms with Gasteiger partial charge in [0.15, 0.2) is 11.5 Å². The second kappa shape index (κ2) is 7.95. The lowest BCUT2D eigenvalue weighted by Crippen LogP contribution is -2.73. The van der Waals surface area contributed by atoms with Crippen molar-refractivity contribution in [1.82, 2.24) is 5.32 Å². The number of fused-ring (bicyclic) bond motifs is 1. The highest BCUT2D eigenvalue weighted by molar-refractivity contribution is 5.83. The number of benzene rings is 2. The van der Waals surface area contributed by atoms with Gasteiger partial charge in [0.05, 0.1) is 12.7 Å². The Morgan fingerprint density at radius 1 is 1.13 bits per heavy atom. The molecule has 1 aliphatic heterocycles. The molecule has 1 heterocycles. The zero-order valence-corrected chi connectivity index (χ0v) is 18.4. The molecule has 0 spiro atoms. The van der Waals surface area contributed by atoms with Gasteiger partial charge in [0, 0.05) is 36.5 Å². The number of Topliss-reactive ketones (excluding diaryl/α,β-unsaturated/α-hetero) is 1. The van der Waals surface area contributed by atoms with Gasteiger partial charge in [-0.3, -0.25) is 4.79 Å². The molecule has 31 heavy (non-hydrogen) atoms. The van der Waals surface area contributed by atoms with E-state index in [2.05, 4.69) is 30.4 Å². The Kier molecular flexibility index (Phi) is 5.27. The molecule has 3 atom stereocenters. The molecular formula is C26H31NO4. The predicted molar refractivity (Wildman–Crippen MR) is 119 cm³/mol. The first-order valence-electron chi connectivity index (χ1n) is 11.4. The molecule has 2 aliphatic carbocycles.